The molecule has 2 fully saturated rings. The Morgan fingerprint density at radius 3 is 2.42 bits per heavy atom. The highest BCUT2D eigenvalue weighted by Gasteiger charge is 2.39. The number of hydrogen-bond acceptors (Lipinski definition) is 1. The molecule has 2 saturated carbocycles. The van der Waals surface area contributed by atoms with Crippen LogP contribution in [0.15, 0.2) is 4.99 Å². The van der Waals surface area contributed by atoms with E-state index in [1.165, 1.54) is 25.7 Å². The third-order valence-electron chi connectivity index (χ3n) is 4.23. The molecule has 2 rings (SSSR count). The molecule has 0 spiro atoms. The summed E-state index contributed by atoms with van der Waals surface area (Å²) in [6.07, 6.45) is 7.87. The van der Waals surface area contributed by atoms with Crippen molar-refractivity contribution in [3.05, 3.63) is 0 Å². The predicted octanol–water partition coefficient (Wildman–Crippen LogP) is 3.05. The highest BCUT2D eigenvalue weighted by Crippen LogP contribution is 2.38. The van der Waals surface area contributed by atoms with Crippen LogP contribution >= 0.6 is 0 Å². The molecule has 0 amide bonds. The Morgan fingerprint density at radius 1 is 1.16 bits per heavy atom. The van der Waals surface area contributed by atoms with Crippen molar-refractivity contribution in [3.8, 4) is 0 Å². The van der Waals surface area contributed by atoms with Gasteiger partial charge < -0.3 is 11.1 Å². The highest BCUT2D eigenvalue weighted by molar-refractivity contribution is 5.78. The molecule has 0 aromatic rings. The molecule has 0 aromatic heterocycles. The van der Waals surface area contributed by atoms with Crippen LogP contribution in [0.4, 0.5) is 8.78 Å². The first-order chi connectivity index (χ1) is 9.05. The van der Waals surface area contributed by atoms with Gasteiger partial charge in [-0.05, 0) is 25.2 Å². The standard InChI is InChI=1S/C14H25F2N3/c15-14(16)8-7-11(9-14)10-18-13(17)19-12-5-3-1-2-4-6-12/h11-12H,1-10H2,(H3,17,18,19). The minimum atomic E-state index is -2.48. The van der Waals surface area contributed by atoms with Crippen LogP contribution < -0.4 is 11.1 Å². The number of hydrogen-bond donors (Lipinski definition) is 2. The summed E-state index contributed by atoms with van der Waals surface area (Å²) >= 11 is 0. The fourth-order valence-corrected chi connectivity index (χ4v) is 3.10. The zero-order valence-corrected chi connectivity index (χ0v) is 11.5. The topological polar surface area (TPSA) is 50.4 Å². The lowest BCUT2D eigenvalue weighted by Gasteiger charge is -2.17. The zero-order chi connectivity index (χ0) is 13.7. The number of guanidine groups is 1. The van der Waals surface area contributed by atoms with Crippen molar-refractivity contribution in [1.82, 2.24) is 5.32 Å². The second-order valence-corrected chi connectivity index (χ2v) is 6.02. The Kier molecular flexibility index (Phi) is 4.99. The van der Waals surface area contributed by atoms with E-state index in [2.05, 4.69) is 10.3 Å². The van der Waals surface area contributed by atoms with Crippen LogP contribution in [0.2, 0.25) is 0 Å². The summed E-state index contributed by atoms with van der Waals surface area (Å²) < 4.78 is 26.1. The molecule has 3 nitrogen and oxygen atoms in total. The number of rotatable bonds is 3. The maximum Gasteiger partial charge on any atom is 0.248 e. The van der Waals surface area contributed by atoms with E-state index in [1.54, 1.807) is 0 Å². The van der Waals surface area contributed by atoms with Gasteiger partial charge in [0.25, 0.3) is 0 Å². The smallest absolute Gasteiger partial charge is 0.248 e. The van der Waals surface area contributed by atoms with E-state index < -0.39 is 5.92 Å². The third-order valence-corrected chi connectivity index (χ3v) is 4.23. The summed E-state index contributed by atoms with van der Waals surface area (Å²) in [4.78, 5) is 4.25. The molecule has 3 N–H and O–H groups in total. The van der Waals surface area contributed by atoms with Crippen LogP contribution in [-0.2, 0) is 0 Å². The number of aliphatic imine (C=N–C) groups is 1. The monoisotopic (exact) mass is 273 g/mol. The summed E-state index contributed by atoms with van der Waals surface area (Å²) in [5.74, 6) is -2.06. The Labute approximate surface area is 114 Å². The Balaban J connectivity index is 1.73. The lowest BCUT2D eigenvalue weighted by atomic mass is 10.1. The summed E-state index contributed by atoms with van der Waals surface area (Å²) in [7, 11) is 0. The fraction of sp³-hybridized carbons (Fsp3) is 0.929. The molecular weight excluding hydrogens is 248 g/mol. The average Bonchev–Trinajstić information content (AvgIpc) is 2.55. The lowest BCUT2D eigenvalue weighted by Crippen LogP contribution is -2.40. The Bertz CT molecular complexity index is 310. The first-order valence-electron chi connectivity index (χ1n) is 7.49. The van der Waals surface area contributed by atoms with Crippen molar-refractivity contribution in [1.29, 1.82) is 0 Å². The molecule has 19 heavy (non-hydrogen) atoms. The first-order valence-corrected chi connectivity index (χ1v) is 7.49. The maximum atomic E-state index is 13.0. The van der Waals surface area contributed by atoms with Crippen molar-refractivity contribution in [2.45, 2.75) is 69.8 Å². The van der Waals surface area contributed by atoms with E-state index >= 15 is 0 Å². The maximum absolute atomic E-state index is 13.0. The van der Waals surface area contributed by atoms with Crippen molar-refractivity contribution >= 4 is 5.96 Å². The molecule has 0 saturated heterocycles. The van der Waals surface area contributed by atoms with E-state index in [0.717, 1.165) is 12.8 Å². The number of nitrogens with one attached hydrogen (secondary N) is 1. The van der Waals surface area contributed by atoms with Gasteiger partial charge in [0.1, 0.15) is 0 Å². The van der Waals surface area contributed by atoms with Gasteiger partial charge in [0.05, 0.1) is 0 Å². The zero-order valence-electron chi connectivity index (χ0n) is 11.5. The van der Waals surface area contributed by atoms with Crippen molar-refractivity contribution in [2.75, 3.05) is 6.54 Å². The van der Waals surface area contributed by atoms with Crippen LogP contribution in [0.25, 0.3) is 0 Å². The van der Waals surface area contributed by atoms with Crippen LogP contribution in [0, 0.1) is 5.92 Å². The minimum Gasteiger partial charge on any atom is -0.370 e. The molecule has 2 aliphatic rings. The van der Waals surface area contributed by atoms with Gasteiger partial charge in [-0.2, -0.15) is 0 Å². The van der Waals surface area contributed by atoms with Gasteiger partial charge in [-0.3, -0.25) is 4.99 Å². The van der Waals surface area contributed by atoms with Gasteiger partial charge in [0, 0.05) is 25.4 Å². The van der Waals surface area contributed by atoms with Crippen LogP contribution in [0.3, 0.4) is 0 Å². The Hall–Kier alpha value is -0.870. The van der Waals surface area contributed by atoms with E-state index in [9.17, 15) is 8.78 Å². The number of nitrogens with zero attached hydrogens (tertiary/aromatic N) is 1. The molecule has 1 atom stereocenters. The second-order valence-electron chi connectivity index (χ2n) is 6.02. The number of alkyl halides is 2. The molecule has 2 aliphatic carbocycles. The molecule has 5 heteroatoms. The third kappa shape index (κ3) is 4.96. The van der Waals surface area contributed by atoms with Gasteiger partial charge in [0.15, 0.2) is 5.96 Å². The quantitative estimate of drug-likeness (QED) is 0.472. The van der Waals surface area contributed by atoms with Gasteiger partial charge in [-0.15, -0.1) is 0 Å². The summed E-state index contributed by atoms with van der Waals surface area (Å²) in [5.41, 5.74) is 5.85. The fourth-order valence-electron chi connectivity index (χ4n) is 3.10. The first kappa shape index (κ1) is 14.5. The largest absolute Gasteiger partial charge is 0.370 e. The van der Waals surface area contributed by atoms with Crippen LogP contribution in [0.1, 0.15) is 57.8 Å². The van der Waals surface area contributed by atoms with Crippen LogP contribution in [-0.4, -0.2) is 24.5 Å². The van der Waals surface area contributed by atoms with Crippen molar-refractivity contribution in [3.63, 3.8) is 0 Å². The average molecular weight is 273 g/mol. The SMILES string of the molecule is NC(=NCC1CCC(F)(F)C1)NC1CCCCCC1. The van der Waals surface area contributed by atoms with E-state index in [0.29, 0.717) is 25.0 Å². The van der Waals surface area contributed by atoms with Crippen molar-refractivity contribution in [2.24, 2.45) is 16.6 Å². The minimum absolute atomic E-state index is 0.00312. The summed E-state index contributed by atoms with van der Waals surface area (Å²) in [5, 5.41) is 3.24. The summed E-state index contributed by atoms with van der Waals surface area (Å²) in [6, 6.07) is 0.413. The molecule has 0 radical (unpaired) electrons. The number of halogens is 2. The predicted molar refractivity (Wildman–Crippen MR) is 73.4 cm³/mol. The molecule has 0 aromatic carbocycles. The number of nitrogens with two attached hydrogens (primary N) is 1. The molecule has 0 bridgehead atoms. The van der Waals surface area contributed by atoms with Crippen LogP contribution in [0.5, 0.6) is 0 Å². The van der Waals surface area contributed by atoms with Gasteiger partial charge in [-0.25, -0.2) is 8.78 Å². The normalized spacial score (nSPS) is 29.2. The van der Waals surface area contributed by atoms with Gasteiger partial charge in [-0.1, -0.05) is 25.7 Å². The molecule has 110 valence electrons. The highest BCUT2D eigenvalue weighted by atomic mass is 19.3. The van der Waals surface area contributed by atoms with E-state index in [4.69, 9.17) is 5.73 Å². The summed E-state index contributed by atoms with van der Waals surface area (Å²) in [6.45, 7) is 0.432. The molecule has 0 heterocycles. The van der Waals surface area contributed by atoms with E-state index in [-0.39, 0.29) is 18.8 Å². The van der Waals surface area contributed by atoms with Gasteiger partial charge >= 0.3 is 0 Å². The van der Waals surface area contributed by atoms with E-state index in [1.807, 2.05) is 0 Å². The molecular formula is C14H25F2N3. The Morgan fingerprint density at radius 2 is 1.84 bits per heavy atom. The molecule has 1 unspecified atom stereocenters. The second kappa shape index (κ2) is 6.53. The van der Waals surface area contributed by atoms with Gasteiger partial charge in [0.2, 0.25) is 5.92 Å². The van der Waals surface area contributed by atoms with Crippen molar-refractivity contribution < 1.29 is 8.78 Å². The molecule has 0 aliphatic heterocycles. The lowest BCUT2D eigenvalue weighted by molar-refractivity contribution is 0.00542.